The van der Waals surface area contributed by atoms with Crippen LogP contribution in [0.2, 0.25) is 0 Å². The van der Waals surface area contributed by atoms with Crippen molar-refractivity contribution in [2.24, 2.45) is 0 Å². The third-order valence-electron chi connectivity index (χ3n) is 1.73. The molecule has 0 atom stereocenters. The Labute approximate surface area is 84.2 Å². The first-order valence-corrected chi connectivity index (χ1v) is 6.44. The molecule has 0 aromatic rings. The van der Waals surface area contributed by atoms with Gasteiger partial charge in [0.05, 0.1) is 0 Å². The zero-order chi connectivity index (χ0) is 9.61. The van der Waals surface area contributed by atoms with Gasteiger partial charge in [-0.15, -0.1) is 0 Å². The lowest BCUT2D eigenvalue weighted by molar-refractivity contribution is 0.843. The summed E-state index contributed by atoms with van der Waals surface area (Å²) in [7, 11) is 5.79. The number of hydrogen-bond donors (Lipinski definition) is 1. The van der Waals surface area contributed by atoms with Gasteiger partial charge in [-0.25, -0.2) is 0 Å². The molecule has 0 aromatic carbocycles. The molecule has 0 saturated carbocycles. The fraction of sp³-hybridized carbons (Fsp3) is 0.778. The lowest BCUT2D eigenvalue weighted by atomic mass is 10.1. The van der Waals surface area contributed by atoms with Crippen LogP contribution in [0.25, 0.3) is 0 Å². The highest BCUT2D eigenvalue weighted by atomic mass is 33.1. The van der Waals surface area contributed by atoms with E-state index in [0.29, 0.717) is 0 Å². The summed E-state index contributed by atoms with van der Waals surface area (Å²) in [6, 6.07) is 0. The van der Waals surface area contributed by atoms with E-state index in [1.807, 2.05) is 28.6 Å². The molecule has 72 valence electrons. The van der Waals surface area contributed by atoms with Crippen LogP contribution in [0.15, 0.2) is 12.2 Å². The lowest BCUT2D eigenvalue weighted by Gasteiger charge is -2.23. The van der Waals surface area contributed by atoms with E-state index >= 15 is 0 Å². The number of hydrogen-bond acceptors (Lipinski definition) is 3. The molecule has 1 nitrogen and oxygen atoms in total. The maximum absolute atomic E-state index is 3.98. The van der Waals surface area contributed by atoms with Crippen LogP contribution >= 0.6 is 21.6 Å². The normalized spacial score (nSPS) is 11.7. The average molecular weight is 205 g/mol. The second-order valence-electron chi connectivity index (χ2n) is 3.30. The van der Waals surface area contributed by atoms with Gasteiger partial charge in [-0.3, -0.25) is 0 Å². The minimum Gasteiger partial charge on any atom is -0.319 e. The molecular weight excluding hydrogens is 186 g/mol. The van der Waals surface area contributed by atoms with Crippen molar-refractivity contribution in [3.8, 4) is 0 Å². The molecule has 0 heterocycles. The molecule has 12 heavy (non-hydrogen) atoms. The van der Waals surface area contributed by atoms with E-state index in [9.17, 15) is 0 Å². The van der Waals surface area contributed by atoms with Gasteiger partial charge in [-0.1, -0.05) is 33.7 Å². The molecule has 0 aromatic heterocycles. The summed E-state index contributed by atoms with van der Waals surface area (Å²) < 4.78 is 0.207. The highest BCUT2D eigenvalue weighted by Crippen LogP contribution is 2.39. The van der Waals surface area contributed by atoms with E-state index in [-0.39, 0.29) is 4.75 Å². The van der Waals surface area contributed by atoms with E-state index in [4.69, 9.17) is 0 Å². The van der Waals surface area contributed by atoms with Gasteiger partial charge in [0.1, 0.15) is 0 Å². The summed E-state index contributed by atoms with van der Waals surface area (Å²) >= 11 is 0. The maximum atomic E-state index is 3.98. The van der Waals surface area contributed by atoms with Gasteiger partial charge < -0.3 is 5.32 Å². The van der Waals surface area contributed by atoms with Crippen molar-refractivity contribution >= 4 is 21.6 Å². The van der Waals surface area contributed by atoms with Crippen molar-refractivity contribution < 1.29 is 0 Å². The first-order chi connectivity index (χ1) is 5.50. The third kappa shape index (κ3) is 5.12. The van der Waals surface area contributed by atoms with E-state index in [0.717, 1.165) is 12.3 Å². The summed E-state index contributed by atoms with van der Waals surface area (Å²) in [5.41, 5.74) is 1.24. The van der Waals surface area contributed by atoms with Crippen molar-refractivity contribution in [1.29, 1.82) is 0 Å². The van der Waals surface area contributed by atoms with Crippen LogP contribution in [0.5, 0.6) is 0 Å². The topological polar surface area (TPSA) is 12.0 Å². The molecular formula is C9H19NS2. The Morgan fingerprint density at radius 3 is 2.50 bits per heavy atom. The van der Waals surface area contributed by atoms with Crippen LogP contribution in [0, 0.1) is 0 Å². The van der Waals surface area contributed by atoms with Crippen LogP contribution in [-0.4, -0.2) is 24.1 Å². The largest absolute Gasteiger partial charge is 0.319 e. The second kappa shape index (κ2) is 5.95. The molecule has 0 bridgehead atoms. The zero-order valence-electron chi connectivity index (χ0n) is 8.44. The van der Waals surface area contributed by atoms with Crippen LogP contribution in [0.4, 0.5) is 0 Å². The summed E-state index contributed by atoms with van der Waals surface area (Å²) in [6.07, 6.45) is 0. The molecule has 0 radical (unpaired) electrons. The van der Waals surface area contributed by atoms with Gasteiger partial charge in [0.15, 0.2) is 0 Å². The molecule has 0 spiro atoms. The number of nitrogens with one attached hydrogen (secondary N) is 1. The van der Waals surface area contributed by atoms with Gasteiger partial charge in [-0.05, 0) is 27.8 Å². The van der Waals surface area contributed by atoms with Crippen molar-refractivity contribution in [3.05, 3.63) is 12.2 Å². The van der Waals surface area contributed by atoms with E-state index in [1.54, 1.807) is 0 Å². The summed E-state index contributed by atoms with van der Waals surface area (Å²) in [4.78, 5) is 0. The first kappa shape index (κ1) is 12.4. The first-order valence-electron chi connectivity index (χ1n) is 4.12. The van der Waals surface area contributed by atoms with E-state index in [1.165, 1.54) is 5.57 Å². The molecule has 0 aliphatic carbocycles. The maximum Gasteiger partial charge on any atom is 0.0410 e. The Morgan fingerprint density at radius 1 is 1.50 bits per heavy atom. The number of rotatable bonds is 6. The van der Waals surface area contributed by atoms with Crippen molar-refractivity contribution in [2.75, 3.05) is 19.3 Å². The molecule has 0 saturated heterocycles. The second-order valence-corrected chi connectivity index (χ2v) is 6.34. The fourth-order valence-corrected chi connectivity index (χ4v) is 3.02. The van der Waals surface area contributed by atoms with Gasteiger partial charge >= 0.3 is 0 Å². The smallest absolute Gasteiger partial charge is 0.0410 e. The summed E-state index contributed by atoms with van der Waals surface area (Å²) in [5.74, 6) is 1.15. The zero-order valence-corrected chi connectivity index (χ0v) is 10.1. The Kier molecular flexibility index (Phi) is 6.14. The van der Waals surface area contributed by atoms with Crippen LogP contribution in [0.3, 0.4) is 0 Å². The highest BCUT2D eigenvalue weighted by molar-refractivity contribution is 8.77. The van der Waals surface area contributed by atoms with E-state index in [2.05, 4.69) is 32.7 Å². The van der Waals surface area contributed by atoms with Gasteiger partial charge in [0.25, 0.3) is 0 Å². The Hall–Kier alpha value is 0.400. The molecule has 1 N–H and O–H groups in total. The summed E-state index contributed by atoms with van der Waals surface area (Å²) in [6.45, 7) is 11.6. The standard InChI is InChI=1S/C9H19NS2/c1-8(2)9(3,4)12-11-7-6-10-5/h10H,1,6-7H2,2-5H3. The molecule has 0 rings (SSSR count). The molecule has 0 aliphatic heterocycles. The van der Waals surface area contributed by atoms with Gasteiger partial charge in [0.2, 0.25) is 0 Å². The van der Waals surface area contributed by atoms with Crippen LogP contribution < -0.4 is 5.32 Å². The Morgan fingerprint density at radius 2 is 2.08 bits per heavy atom. The van der Waals surface area contributed by atoms with Crippen molar-refractivity contribution in [1.82, 2.24) is 5.32 Å². The SMILES string of the molecule is C=C(C)C(C)(C)SSCCNC. The van der Waals surface area contributed by atoms with Crippen molar-refractivity contribution in [3.63, 3.8) is 0 Å². The minimum atomic E-state index is 0.207. The van der Waals surface area contributed by atoms with Crippen molar-refractivity contribution in [2.45, 2.75) is 25.5 Å². The van der Waals surface area contributed by atoms with Crippen LogP contribution in [-0.2, 0) is 0 Å². The average Bonchev–Trinajstić information content (AvgIpc) is 1.98. The van der Waals surface area contributed by atoms with Gasteiger partial charge in [-0.2, -0.15) is 0 Å². The van der Waals surface area contributed by atoms with Gasteiger partial charge in [0, 0.05) is 17.0 Å². The quantitative estimate of drug-likeness (QED) is 0.407. The molecule has 0 unspecified atom stereocenters. The van der Waals surface area contributed by atoms with E-state index < -0.39 is 0 Å². The third-order valence-corrected chi connectivity index (χ3v) is 5.09. The fourth-order valence-electron chi connectivity index (χ4n) is 0.404. The lowest BCUT2D eigenvalue weighted by Crippen LogP contribution is -2.15. The Bertz CT molecular complexity index is 143. The molecule has 3 heteroatoms. The van der Waals surface area contributed by atoms with Crippen LogP contribution in [0.1, 0.15) is 20.8 Å². The Balaban J connectivity index is 3.54. The predicted molar refractivity (Wildman–Crippen MR) is 62.9 cm³/mol. The minimum absolute atomic E-state index is 0.207. The monoisotopic (exact) mass is 205 g/mol. The molecule has 0 fully saturated rings. The summed E-state index contributed by atoms with van der Waals surface area (Å²) in [5, 5.41) is 3.13. The highest BCUT2D eigenvalue weighted by Gasteiger charge is 2.18. The molecule has 0 aliphatic rings. The molecule has 0 amide bonds. The predicted octanol–water partition coefficient (Wildman–Crippen LogP) is 2.94.